The van der Waals surface area contributed by atoms with Gasteiger partial charge in [0.2, 0.25) is 6.10 Å². The molecule has 1 saturated heterocycles. The van der Waals surface area contributed by atoms with Crippen molar-refractivity contribution in [2.24, 2.45) is 0 Å². The lowest BCUT2D eigenvalue weighted by molar-refractivity contribution is -0.181. The number of carbonyl (C=O) groups is 4. The molecule has 0 saturated carbocycles. The van der Waals surface area contributed by atoms with Crippen molar-refractivity contribution >= 4 is 23.9 Å². The molecule has 2 heterocycles. The zero-order chi connectivity index (χ0) is 27.6. The van der Waals surface area contributed by atoms with E-state index in [0.717, 1.165) is 18.1 Å². The molecule has 38 heavy (non-hydrogen) atoms. The average molecular weight is 532 g/mol. The second-order valence-electron chi connectivity index (χ2n) is 10.3. The maximum atomic E-state index is 13.0. The van der Waals surface area contributed by atoms with Gasteiger partial charge in [-0.05, 0) is 51.1 Å². The number of piperidine rings is 1. The van der Waals surface area contributed by atoms with Gasteiger partial charge in [-0.2, -0.15) is 0 Å². The highest BCUT2D eigenvalue weighted by Gasteiger charge is 2.72. The van der Waals surface area contributed by atoms with Crippen molar-refractivity contribution in [2.75, 3.05) is 13.6 Å². The molecule has 3 N–H and O–H groups in total. The highest BCUT2D eigenvalue weighted by Crippen LogP contribution is 2.65. The van der Waals surface area contributed by atoms with Crippen LogP contribution >= 0.6 is 0 Å². The van der Waals surface area contributed by atoms with Gasteiger partial charge in [-0.3, -0.25) is 9.59 Å². The van der Waals surface area contributed by atoms with Crippen LogP contribution in [0.2, 0.25) is 0 Å². The van der Waals surface area contributed by atoms with Gasteiger partial charge in [0.05, 0.1) is 17.4 Å². The van der Waals surface area contributed by atoms with E-state index in [1.807, 2.05) is 13.1 Å². The Labute approximate surface area is 217 Å². The number of rotatable bonds is 7. The highest BCUT2D eigenvalue weighted by atomic mass is 16.6. The number of phenols is 1. The van der Waals surface area contributed by atoms with E-state index in [9.17, 15) is 29.4 Å². The predicted octanol–water partition coefficient (Wildman–Crippen LogP) is 0.551. The first-order valence-corrected chi connectivity index (χ1v) is 12.3. The summed E-state index contributed by atoms with van der Waals surface area (Å²) in [6.07, 6.45) is -2.13. The zero-order valence-electron chi connectivity index (χ0n) is 21.1. The molecule has 204 valence electrons. The number of nitrogens with zero attached hydrogens (tertiary/aromatic N) is 1. The number of hydrogen-bond acceptors (Lipinski definition) is 11. The molecule has 0 aromatic heterocycles. The van der Waals surface area contributed by atoms with E-state index in [2.05, 4.69) is 4.90 Å². The summed E-state index contributed by atoms with van der Waals surface area (Å²) in [5.41, 5.74) is -0.517. The summed E-state index contributed by atoms with van der Waals surface area (Å²) in [5, 5.41) is 31.7. The fourth-order valence-corrected chi connectivity index (χ4v) is 6.47. The minimum Gasteiger partial charge on any atom is -0.504 e. The number of likely N-dealkylation sites (N-methyl/N-ethyl adjacent to an activating group) is 1. The summed E-state index contributed by atoms with van der Waals surface area (Å²) in [7, 11) is 1.95. The van der Waals surface area contributed by atoms with E-state index in [0.29, 0.717) is 19.4 Å². The molecule has 4 aliphatic rings. The molecule has 12 heteroatoms. The number of aliphatic carboxylic acids is 1. The monoisotopic (exact) mass is 531 g/mol. The molecule has 1 fully saturated rings. The van der Waals surface area contributed by atoms with Gasteiger partial charge < -0.3 is 39.2 Å². The molecule has 6 atom stereocenters. The van der Waals surface area contributed by atoms with Gasteiger partial charge in [0, 0.05) is 24.9 Å². The molecule has 0 radical (unpaired) electrons. The van der Waals surface area contributed by atoms with Crippen LogP contribution in [-0.2, 0) is 45.2 Å². The van der Waals surface area contributed by atoms with Crippen LogP contribution in [0.5, 0.6) is 11.5 Å². The summed E-state index contributed by atoms with van der Waals surface area (Å²) in [5.74, 6) is -4.14. The standard InChI is InChI=1S/C26H29NO11/c1-12(35-24(33)17(11-19(30)31)36-13(2)28)23(32)37-16-6-7-26(34)18-10-14-4-5-15(29)21-20(14)25(26,22(16)38-21)8-9-27(18)3/h4-6,12,17-18,22,29,34H,7-11H2,1-3H3,(H,30,31)/t12-,17-,18+,22-,25-,26+/m0/s1. The van der Waals surface area contributed by atoms with Crippen LogP contribution in [0.3, 0.4) is 0 Å². The molecule has 12 nitrogen and oxygen atoms in total. The highest BCUT2D eigenvalue weighted by molar-refractivity contribution is 5.86. The molecule has 2 aliphatic heterocycles. The summed E-state index contributed by atoms with van der Waals surface area (Å²) in [4.78, 5) is 49.8. The summed E-state index contributed by atoms with van der Waals surface area (Å²) in [6, 6.07) is 3.16. The Balaban J connectivity index is 1.40. The maximum absolute atomic E-state index is 13.0. The Morgan fingerprint density at radius 3 is 2.63 bits per heavy atom. The number of carbonyl (C=O) groups excluding carboxylic acids is 3. The van der Waals surface area contributed by atoms with Crippen LogP contribution < -0.4 is 4.74 Å². The second-order valence-corrected chi connectivity index (χ2v) is 10.3. The Bertz CT molecular complexity index is 1240. The van der Waals surface area contributed by atoms with Gasteiger partial charge in [-0.1, -0.05) is 6.07 Å². The zero-order valence-corrected chi connectivity index (χ0v) is 21.1. The molecule has 2 bridgehead atoms. The van der Waals surface area contributed by atoms with Gasteiger partial charge in [-0.25, -0.2) is 9.59 Å². The molecular weight excluding hydrogens is 502 g/mol. The predicted molar refractivity (Wildman–Crippen MR) is 126 cm³/mol. The van der Waals surface area contributed by atoms with E-state index in [-0.39, 0.29) is 29.7 Å². The van der Waals surface area contributed by atoms with Gasteiger partial charge >= 0.3 is 23.9 Å². The van der Waals surface area contributed by atoms with Crippen LogP contribution in [0.1, 0.15) is 44.2 Å². The summed E-state index contributed by atoms with van der Waals surface area (Å²) >= 11 is 0. The van der Waals surface area contributed by atoms with Crippen LogP contribution in [0.15, 0.2) is 24.0 Å². The van der Waals surface area contributed by atoms with Crippen LogP contribution in [0, 0.1) is 0 Å². The molecule has 0 amide bonds. The van der Waals surface area contributed by atoms with E-state index in [1.54, 1.807) is 12.1 Å². The van der Waals surface area contributed by atoms with Crippen molar-refractivity contribution in [3.63, 3.8) is 0 Å². The molecular formula is C26H29NO11. The molecule has 0 unspecified atom stereocenters. The number of benzene rings is 1. The molecule has 1 aromatic rings. The quantitative estimate of drug-likeness (QED) is 0.330. The molecule has 5 rings (SSSR count). The first-order valence-electron chi connectivity index (χ1n) is 12.3. The number of phenolic OH excluding ortho intramolecular Hbond substituents is 1. The number of aromatic hydroxyl groups is 1. The summed E-state index contributed by atoms with van der Waals surface area (Å²) < 4.78 is 21.6. The lowest BCUT2D eigenvalue weighted by Crippen LogP contribution is -2.74. The fraction of sp³-hybridized carbons (Fsp3) is 0.538. The lowest BCUT2D eigenvalue weighted by Gasteiger charge is -2.61. The van der Waals surface area contributed by atoms with E-state index in [4.69, 9.17) is 24.1 Å². The van der Waals surface area contributed by atoms with Crippen molar-refractivity contribution in [2.45, 2.75) is 74.9 Å². The first kappa shape index (κ1) is 26.0. The number of esters is 3. The van der Waals surface area contributed by atoms with Gasteiger partial charge in [0.25, 0.3) is 0 Å². The van der Waals surface area contributed by atoms with Crippen molar-refractivity contribution in [1.29, 1.82) is 0 Å². The maximum Gasteiger partial charge on any atom is 0.352 e. The van der Waals surface area contributed by atoms with Gasteiger partial charge in [0.1, 0.15) is 5.76 Å². The van der Waals surface area contributed by atoms with Crippen LogP contribution in [-0.4, -0.2) is 87.6 Å². The normalized spacial score (nSPS) is 30.2. The third-order valence-electron chi connectivity index (χ3n) is 8.13. The van der Waals surface area contributed by atoms with Crippen molar-refractivity contribution in [1.82, 2.24) is 4.90 Å². The van der Waals surface area contributed by atoms with E-state index < -0.39 is 59.6 Å². The minimum absolute atomic E-state index is 0.0739. The Hall–Kier alpha value is -3.64. The number of hydrogen-bond donors (Lipinski definition) is 3. The first-order chi connectivity index (χ1) is 17.9. The second kappa shape index (κ2) is 8.98. The van der Waals surface area contributed by atoms with E-state index in [1.165, 1.54) is 6.92 Å². The number of carboxylic acid groups (broad SMARTS) is 1. The number of aliphatic hydroxyl groups is 1. The molecule has 1 spiro atoms. The van der Waals surface area contributed by atoms with Gasteiger partial charge in [0.15, 0.2) is 23.7 Å². The molecule has 1 aromatic carbocycles. The minimum atomic E-state index is -1.73. The van der Waals surface area contributed by atoms with Crippen LogP contribution in [0.4, 0.5) is 0 Å². The van der Waals surface area contributed by atoms with Crippen LogP contribution in [0.25, 0.3) is 0 Å². The Morgan fingerprint density at radius 2 is 1.95 bits per heavy atom. The number of carboxylic acids is 1. The molecule has 2 aliphatic carbocycles. The van der Waals surface area contributed by atoms with Crippen molar-refractivity contribution in [3.05, 3.63) is 35.1 Å². The SMILES string of the molecule is CC(=O)O[C@@H](CC(=O)O)C(=O)O[C@@H](C)C(=O)OC1=CC[C@@]2(O)[C@H]3Cc4ccc(O)c5c4[C@@]2(CCN3C)[C@H]1O5. The third-order valence-corrected chi connectivity index (χ3v) is 8.13. The lowest BCUT2D eigenvalue weighted by atomic mass is 9.50. The summed E-state index contributed by atoms with van der Waals surface area (Å²) in [6.45, 7) is 2.90. The number of ether oxygens (including phenoxy) is 4. The fourth-order valence-electron chi connectivity index (χ4n) is 6.47. The average Bonchev–Trinajstić information content (AvgIpc) is 3.19. The van der Waals surface area contributed by atoms with E-state index >= 15 is 0 Å². The van der Waals surface area contributed by atoms with Crippen molar-refractivity contribution < 1.29 is 53.4 Å². The Morgan fingerprint density at radius 1 is 1.21 bits per heavy atom. The topological polar surface area (TPSA) is 169 Å². The van der Waals surface area contributed by atoms with Crippen molar-refractivity contribution in [3.8, 4) is 11.5 Å². The number of likely N-dealkylation sites (tertiary alicyclic amines) is 1. The smallest absolute Gasteiger partial charge is 0.352 e. The Kier molecular flexibility index (Phi) is 6.14. The third kappa shape index (κ3) is 3.73. The van der Waals surface area contributed by atoms with Gasteiger partial charge in [-0.15, -0.1) is 0 Å². The largest absolute Gasteiger partial charge is 0.504 e.